The minimum atomic E-state index is -0.180. The standard InChI is InChI=1S/C14H19NO2/c1-3-10-5-7-11(8-6-10)14-12(4-2)13(9-16)17-15-14/h5-8,12-13,16H,3-4,9H2,1-2H3/t12-,13+/m1/s1. The van der Waals surface area contributed by atoms with E-state index in [1.165, 1.54) is 5.56 Å². The van der Waals surface area contributed by atoms with Crippen LogP contribution in [0.2, 0.25) is 0 Å². The van der Waals surface area contributed by atoms with Gasteiger partial charge in [-0.15, -0.1) is 0 Å². The molecule has 92 valence electrons. The number of aliphatic hydroxyl groups excluding tert-OH is 1. The lowest BCUT2D eigenvalue weighted by Crippen LogP contribution is -2.26. The molecule has 1 heterocycles. The Hall–Kier alpha value is -1.35. The molecule has 2 rings (SSSR count). The number of aryl methyl sites for hydroxylation is 1. The van der Waals surface area contributed by atoms with Gasteiger partial charge in [0.2, 0.25) is 0 Å². The third kappa shape index (κ3) is 2.34. The Morgan fingerprint density at radius 1 is 1.24 bits per heavy atom. The van der Waals surface area contributed by atoms with E-state index in [1.807, 2.05) is 0 Å². The van der Waals surface area contributed by atoms with Crippen LogP contribution in [0.5, 0.6) is 0 Å². The minimum absolute atomic E-state index is 0.0263. The van der Waals surface area contributed by atoms with Gasteiger partial charge >= 0.3 is 0 Å². The van der Waals surface area contributed by atoms with E-state index >= 15 is 0 Å². The SMILES string of the molecule is CCc1ccc(C2=NO[C@@H](CO)[C@H]2CC)cc1. The zero-order valence-electron chi connectivity index (χ0n) is 10.4. The first kappa shape index (κ1) is 12.1. The molecule has 0 unspecified atom stereocenters. The van der Waals surface area contributed by atoms with E-state index in [1.54, 1.807) is 0 Å². The molecule has 3 nitrogen and oxygen atoms in total. The molecule has 0 bridgehead atoms. The normalized spacial score (nSPS) is 23.4. The topological polar surface area (TPSA) is 41.8 Å². The number of rotatable bonds is 4. The van der Waals surface area contributed by atoms with Gasteiger partial charge in [-0.25, -0.2) is 0 Å². The van der Waals surface area contributed by atoms with E-state index in [0.717, 1.165) is 24.1 Å². The summed E-state index contributed by atoms with van der Waals surface area (Å²) in [5.74, 6) is 0.201. The molecular formula is C14H19NO2. The van der Waals surface area contributed by atoms with Gasteiger partial charge in [0.05, 0.1) is 12.3 Å². The second-order valence-electron chi connectivity index (χ2n) is 4.37. The summed E-state index contributed by atoms with van der Waals surface area (Å²) in [6, 6.07) is 8.42. The molecule has 3 heteroatoms. The molecule has 0 radical (unpaired) electrons. The van der Waals surface area contributed by atoms with E-state index in [9.17, 15) is 5.11 Å². The molecule has 0 amide bonds. The van der Waals surface area contributed by atoms with E-state index in [-0.39, 0.29) is 18.6 Å². The van der Waals surface area contributed by atoms with Crippen molar-refractivity contribution in [2.24, 2.45) is 11.1 Å². The van der Waals surface area contributed by atoms with Gasteiger partial charge in [0.1, 0.15) is 0 Å². The number of aliphatic hydroxyl groups is 1. The molecule has 1 N–H and O–H groups in total. The summed E-state index contributed by atoms with van der Waals surface area (Å²) >= 11 is 0. The molecule has 1 aromatic carbocycles. The van der Waals surface area contributed by atoms with Gasteiger partial charge in [-0.1, -0.05) is 43.3 Å². The van der Waals surface area contributed by atoms with Crippen molar-refractivity contribution >= 4 is 5.71 Å². The fourth-order valence-corrected chi connectivity index (χ4v) is 2.24. The summed E-state index contributed by atoms with van der Waals surface area (Å²) in [5.41, 5.74) is 3.39. The zero-order chi connectivity index (χ0) is 12.3. The van der Waals surface area contributed by atoms with Crippen molar-refractivity contribution < 1.29 is 9.94 Å². The second kappa shape index (κ2) is 5.32. The highest BCUT2D eigenvalue weighted by atomic mass is 16.6. The predicted octanol–water partition coefficient (Wildman–Crippen LogP) is 2.37. The molecular weight excluding hydrogens is 214 g/mol. The summed E-state index contributed by atoms with van der Waals surface area (Å²) in [5, 5.41) is 13.3. The van der Waals surface area contributed by atoms with Crippen molar-refractivity contribution in [2.75, 3.05) is 6.61 Å². The van der Waals surface area contributed by atoms with Gasteiger partial charge in [0.25, 0.3) is 0 Å². The molecule has 1 aliphatic heterocycles. The summed E-state index contributed by atoms with van der Waals surface area (Å²) in [4.78, 5) is 5.27. The Morgan fingerprint density at radius 3 is 2.47 bits per heavy atom. The van der Waals surface area contributed by atoms with Crippen LogP contribution in [0.4, 0.5) is 0 Å². The maximum atomic E-state index is 9.22. The summed E-state index contributed by atoms with van der Waals surface area (Å²) in [6.45, 7) is 4.26. The molecule has 0 spiro atoms. The fraction of sp³-hybridized carbons (Fsp3) is 0.500. The summed E-state index contributed by atoms with van der Waals surface area (Å²) in [7, 11) is 0. The Morgan fingerprint density at radius 2 is 1.94 bits per heavy atom. The second-order valence-corrected chi connectivity index (χ2v) is 4.37. The number of hydrogen-bond acceptors (Lipinski definition) is 3. The average Bonchev–Trinajstić information content (AvgIpc) is 2.81. The van der Waals surface area contributed by atoms with E-state index in [2.05, 4.69) is 43.3 Å². The van der Waals surface area contributed by atoms with Crippen molar-refractivity contribution in [1.82, 2.24) is 0 Å². The molecule has 1 aromatic rings. The molecule has 17 heavy (non-hydrogen) atoms. The largest absolute Gasteiger partial charge is 0.392 e. The molecule has 0 fully saturated rings. The lowest BCUT2D eigenvalue weighted by atomic mass is 9.90. The van der Waals surface area contributed by atoms with E-state index in [0.29, 0.717) is 0 Å². The first-order valence-corrected chi connectivity index (χ1v) is 6.24. The maximum absolute atomic E-state index is 9.22. The fourth-order valence-electron chi connectivity index (χ4n) is 2.24. The lowest BCUT2D eigenvalue weighted by Gasteiger charge is -2.14. The van der Waals surface area contributed by atoms with Crippen LogP contribution in [0.25, 0.3) is 0 Å². The van der Waals surface area contributed by atoms with Crippen LogP contribution in [0.3, 0.4) is 0 Å². The lowest BCUT2D eigenvalue weighted by molar-refractivity contribution is 0.0172. The van der Waals surface area contributed by atoms with Crippen LogP contribution in [-0.2, 0) is 11.3 Å². The average molecular weight is 233 g/mol. The minimum Gasteiger partial charge on any atom is -0.392 e. The van der Waals surface area contributed by atoms with Gasteiger partial charge < -0.3 is 9.94 Å². The Bertz CT molecular complexity index is 397. The van der Waals surface area contributed by atoms with Crippen LogP contribution in [0.15, 0.2) is 29.4 Å². The highest BCUT2D eigenvalue weighted by Gasteiger charge is 2.32. The van der Waals surface area contributed by atoms with Crippen LogP contribution in [0.1, 0.15) is 31.4 Å². The van der Waals surface area contributed by atoms with Crippen LogP contribution < -0.4 is 0 Å². The number of hydrogen-bond donors (Lipinski definition) is 1. The van der Waals surface area contributed by atoms with Gasteiger partial charge in [-0.2, -0.15) is 0 Å². The molecule has 2 atom stereocenters. The van der Waals surface area contributed by atoms with Gasteiger partial charge in [-0.3, -0.25) is 0 Å². The highest BCUT2D eigenvalue weighted by molar-refractivity contribution is 6.03. The molecule has 1 aliphatic rings. The van der Waals surface area contributed by atoms with E-state index < -0.39 is 0 Å². The number of oxime groups is 1. The van der Waals surface area contributed by atoms with Crippen molar-refractivity contribution in [3.05, 3.63) is 35.4 Å². The molecule has 0 aliphatic carbocycles. The van der Waals surface area contributed by atoms with Gasteiger partial charge in [0, 0.05) is 5.92 Å². The van der Waals surface area contributed by atoms with Crippen LogP contribution >= 0.6 is 0 Å². The summed E-state index contributed by atoms with van der Waals surface area (Å²) in [6.07, 6.45) is 1.79. The molecule has 0 saturated heterocycles. The first-order valence-electron chi connectivity index (χ1n) is 6.24. The molecule has 0 saturated carbocycles. The van der Waals surface area contributed by atoms with Crippen molar-refractivity contribution in [3.8, 4) is 0 Å². The third-order valence-corrected chi connectivity index (χ3v) is 3.36. The van der Waals surface area contributed by atoms with E-state index in [4.69, 9.17) is 4.84 Å². The van der Waals surface area contributed by atoms with Crippen molar-refractivity contribution in [3.63, 3.8) is 0 Å². The predicted molar refractivity (Wildman–Crippen MR) is 68.1 cm³/mol. The summed E-state index contributed by atoms with van der Waals surface area (Å²) < 4.78 is 0. The smallest absolute Gasteiger partial charge is 0.158 e. The van der Waals surface area contributed by atoms with Gasteiger partial charge in [-0.05, 0) is 24.0 Å². The Kier molecular flexibility index (Phi) is 3.79. The van der Waals surface area contributed by atoms with Crippen LogP contribution in [-0.4, -0.2) is 23.5 Å². The van der Waals surface area contributed by atoms with Gasteiger partial charge in [0.15, 0.2) is 6.10 Å². The monoisotopic (exact) mass is 233 g/mol. The van der Waals surface area contributed by atoms with Crippen molar-refractivity contribution in [1.29, 1.82) is 0 Å². The maximum Gasteiger partial charge on any atom is 0.158 e. The van der Waals surface area contributed by atoms with Crippen LogP contribution in [0, 0.1) is 5.92 Å². The Balaban J connectivity index is 2.21. The number of benzene rings is 1. The Labute approximate surface area is 102 Å². The molecule has 0 aromatic heterocycles. The van der Waals surface area contributed by atoms with Crippen molar-refractivity contribution in [2.45, 2.75) is 32.8 Å². The third-order valence-electron chi connectivity index (χ3n) is 3.36. The zero-order valence-corrected chi connectivity index (χ0v) is 10.4. The first-order chi connectivity index (χ1) is 8.30. The number of nitrogens with zero attached hydrogens (tertiary/aromatic N) is 1. The highest BCUT2D eigenvalue weighted by Crippen LogP contribution is 2.25. The quantitative estimate of drug-likeness (QED) is 0.867.